The molecule has 1 saturated carbocycles. The number of amides is 2. The largest absolute Gasteiger partial charge is 0.504 e. The van der Waals surface area contributed by atoms with Gasteiger partial charge >= 0.3 is 0 Å². The third-order valence-corrected chi connectivity index (χ3v) is 7.75. The Kier molecular flexibility index (Phi) is 6.97. The molecule has 2 amide bonds. The number of phenols is 1. The van der Waals surface area contributed by atoms with E-state index in [2.05, 4.69) is 5.32 Å². The number of carbonyl (C=O) groups excluding carboxylic acids is 2. The number of phenolic OH excluding ortho intramolecular Hbond substituents is 1. The number of aromatic hydroxyl groups is 1. The molecule has 8 heteroatoms. The van der Waals surface area contributed by atoms with Crippen LogP contribution in [0.1, 0.15) is 53.1 Å². The minimum atomic E-state index is -0.786. The lowest BCUT2D eigenvalue weighted by atomic mass is 9.89. The fraction of sp³-hybridized carbons (Fsp3) is 0.333. The van der Waals surface area contributed by atoms with Crippen LogP contribution in [0.15, 0.2) is 60.7 Å². The minimum absolute atomic E-state index is 0.141. The molecule has 0 aromatic heterocycles. The number of nitrogens with zero attached hydrogens (tertiary/aromatic N) is 1. The summed E-state index contributed by atoms with van der Waals surface area (Å²) in [4.78, 5) is 27.8. The molecule has 3 aromatic carbocycles. The van der Waals surface area contributed by atoms with Gasteiger partial charge in [0.1, 0.15) is 5.82 Å². The summed E-state index contributed by atoms with van der Waals surface area (Å²) in [6.07, 6.45) is 2.83. The smallest absolute Gasteiger partial charge is 0.257 e. The van der Waals surface area contributed by atoms with Gasteiger partial charge in [0.05, 0.1) is 25.2 Å². The molecule has 0 radical (unpaired) electrons. The molecular formula is C30H31FN2O5. The lowest BCUT2D eigenvalue weighted by Gasteiger charge is -2.32. The number of likely N-dealkylation sites (tertiary alicyclic amines) is 1. The first-order chi connectivity index (χ1) is 18.4. The van der Waals surface area contributed by atoms with E-state index in [4.69, 9.17) is 9.47 Å². The van der Waals surface area contributed by atoms with Crippen LogP contribution < -0.4 is 14.8 Å². The third kappa shape index (κ3) is 4.66. The van der Waals surface area contributed by atoms with Gasteiger partial charge in [0.25, 0.3) is 5.91 Å². The molecule has 38 heavy (non-hydrogen) atoms. The number of nitrogens with one attached hydrogen (secondary N) is 1. The van der Waals surface area contributed by atoms with Crippen molar-refractivity contribution in [2.75, 3.05) is 32.6 Å². The number of carbonyl (C=O) groups is 2. The SMILES string of the molecule is COc1ccc(C(=O)N2CCC(c3ccc(NC(=O)C4(c5ccccc5F)CC4)cc3)CC2)c(O)c1OC. The Morgan fingerprint density at radius 2 is 1.66 bits per heavy atom. The van der Waals surface area contributed by atoms with Crippen LogP contribution in [0, 0.1) is 5.82 Å². The van der Waals surface area contributed by atoms with E-state index in [1.54, 1.807) is 35.2 Å². The van der Waals surface area contributed by atoms with Crippen molar-refractivity contribution in [2.45, 2.75) is 37.0 Å². The zero-order valence-corrected chi connectivity index (χ0v) is 21.5. The highest BCUT2D eigenvalue weighted by molar-refractivity contribution is 6.01. The molecule has 0 spiro atoms. The van der Waals surface area contributed by atoms with Gasteiger partial charge in [-0.25, -0.2) is 4.39 Å². The summed E-state index contributed by atoms with van der Waals surface area (Å²) in [6.45, 7) is 1.11. The van der Waals surface area contributed by atoms with Crippen molar-refractivity contribution in [3.05, 3.63) is 83.2 Å². The average Bonchev–Trinajstić information content (AvgIpc) is 3.75. The monoisotopic (exact) mass is 518 g/mol. The van der Waals surface area contributed by atoms with Crippen molar-refractivity contribution in [1.29, 1.82) is 0 Å². The molecule has 2 fully saturated rings. The molecule has 2 aliphatic rings. The molecular weight excluding hydrogens is 487 g/mol. The molecule has 1 aliphatic carbocycles. The van der Waals surface area contributed by atoms with Crippen LogP contribution in [0.3, 0.4) is 0 Å². The lowest BCUT2D eigenvalue weighted by Crippen LogP contribution is -2.38. The number of piperidine rings is 1. The number of anilines is 1. The van der Waals surface area contributed by atoms with Crippen molar-refractivity contribution in [3.8, 4) is 17.2 Å². The van der Waals surface area contributed by atoms with Gasteiger partial charge in [0.15, 0.2) is 11.5 Å². The minimum Gasteiger partial charge on any atom is -0.504 e. The van der Waals surface area contributed by atoms with Gasteiger partial charge in [-0.05, 0) is 67.5 Å². The van der Waals surface area contributed by atoms with E-state index in [1.807, 2.05) is 24.3 Å². The first kappa shape index (κ1) is 25.6. The second kappa shape index (κ2) is 10.4. The number of hydrogen-bond acceptors (Lipinski definition) is 5. The van der Waals surface area contributed by atoms with E-state index >= 15 is 0 Å². The zero-order chi connectivity index (χ0) is 26.9. The van der Waals surface area contributed by atoms with Gasteiger partial charge in [0.2, 0.25) is 11.7 Å². The summed E-state index contributed by atoms with van der Waals surface area (Å²) in [6, 6.07) is 17.4. The van der Waals surface area contributed by atoms with Crippen LogP contribution in [0.4, 0.5) is 10.1 Å². The topological polar surface area (TPSA) is 88.1 Å². The predicted octanol–water partition coefficient (Wildman–Crippen LogP) is 5.24. The first-order valence-electron chi connectivity index (χ1n) is 12.8. The molecule has 1 heterocycles. The molecule has 0 bridgehead atoms. The van der Waals surface area contributed by atoms with E-state index in [0.29, 0.717) is 42.9 Å². The van der Waals surface area contributed by atoms with E-state index in [9.17, 15) is 19.1 Å². The Hall–Kier alpha value is -4.07. The number of benzene rings is 3. The summed E-state index contributed by atoms with van der Waals surface area (Å²) >= 11 is 0. The van der Waals surface area contributed by atoms with Crippen molar-refractivity contribution >= 4 is 17.5 Å². The fourth-order valence-electron chi connectivity index (χ4n) is 5.35. The number of methoxy groups -OCH3 is 2. The molecule has 3 aromatic rings. The van der Waals surface area contributed by atoms with Crippen LogP contribution in [0.5, 0.6) is 17.2 Å². The number of rotatable bonds is 7. The summed E-state index contributed by atoms with van der Waals surface area (Å²) in [7, 11) is 2.89. The summed E-state index contributed by atoms with van der Waals surface area (Å²) in [5, 5.41) is 13.5. The molecule has 0 unspecified atom stereocenters. The van der Waals surface area contributed by atoms with Crippen molar-refractivity contribution in [3.63, 3.8) is 0 Å². The van der Waals surface area contributed by atoms with Gasteiger partial charge < -0.3 is 24.8 Å². The molecule has 1 aliphatic heterocycles. The number of halogens is 1. The Bertz CT molecular complexity index is 1350. The standard InChI is InChI=1S/C30H31FN2O5/c1-37-25-12-11-22(26(34)27(25)38-2)28(35)33-17-13-20(14-18-33)19-7-9-21(10-8-19)32-29(36)30(15-16-30)23-5-3-4-6-24(23)31/h3-12,20,34H,13-18H2,1-2H3,(H,32,36). The molecule has 5 rings (SSSR count). The van der Waals surface area contributed by atoms with Crippen molar-refractivity contribution < 1.29 is 28.6 Å². The Balaban J connectivity index is 1.20. The molecule has 2 N–H and O–H groups in total. The van der Waals surface area contributed by atoms with Crippen molar-refractivity contribution in [1.82, 2.24) is 4.90 Å². The lowest BCUT2D eigenvalue weighted by molar-refractivity contribution is -0.118. The van der Waals surface area contributed by atoms with Gasteiger partial charge in [0, 0.05) is 24.3 Å². The highest BCUT2D eigenvalue weighted by Gasteiger charge is 2.52. The highest BCUT2D eigenvalue weighted by Crippen LogP contribution is 2.50. The molecule has 7 nitrogen and oxygen atoms in total. The van der Waals surface area contributed by atoms with Crippen LogP contribution in [-0.4, -0.2) is 49.1 Å². The van der Waals surface area contributed by atoms with Gasteiger partial charge in [-0.3, -0.25) is 9.59 Å². The Morgan fingerprint density at radius 3 is 2.26 bits per heavy atom. The highest BCUT2D eigenvalue weighted by atomic mass is 19.1. The number of hydrogen-bond donors (Lipinski definition) is 2. The fourth-order valence-corrected chi connectivity index (χ4v) is 5.35. The zero-order valence-electron chi connectivity index (χ0n) is 21.5. The van der Waals surface area contributed by atoms with E-state index in [0.717, 1.165) is 18.4 Å². The third-order valence-electron chi connectivity index (χ3n) is 7.75. The maximum Gasteiger partial charge on any atom is 0.257 e. The van der Waals surface area contributed by atoms with Gasteiger partial charge in [-0.1, -0.05) is 30.3 Å². The van der Waals surface area contributed by atoms with Gasteiger partial charge in [-0.15, -0.1) is 0 Å². The average molecular weight is 519 g/mol. The van der Waals surface area contributed by atoms with Crippen LogP contribution >= 0.6 is 0 Å². The summed E-state index contributed by atoms with van der Waals surface area (Å²) in [5.41, 5.74) is 1.67. The number of ether oxygens (including phenoxy) is 2. The van der Waals surface area contributed by atoms with Crippen molar-refractivity contribution in [2.24, 2.45) is 0 Å². The molecule has 0 atom stereocenters. The summed E-state index contributed by atoms with van der Waals surface area (Å²) in [5.74, 6) is -0.219. The maximum absolute atomic E-state index is 14.3. The molecule has 198 valence electrons. The van der Waals surface area contributed by atoms with Crippen LogP contribution in [0.2, 0.25) is 0 Å². The maximum atomic E-state index is 14.3. The van der Waals surface area contributed by atoms with Gasteiger partial charge in [-0.2, -0.15) is 0 Å². The summed E-state index contributed by atoms with van der Waals surface area (Å²) < 4.78 is 24.7. The second-order valence-electron chi connectivity index (χ2n) is 9.90. The molecule has 1 saturated heterocycles. The van der Waals surface area contributed by atoms with E-state index in [-0.39, 0.29) is 40.6 Å². The quantitative estimate of drug-likeness (QED) is 0.447. The first-order valence-corrected chi connectivity index (χ1v) is 12.8. The van der Waals surface area contributed by atoms with E-state index in [1.165, 1.54) is 20.3 Å². The van der Waals surface area contributed by atoms with Crippen LogP contribution in [-0.2, 0) is 10.2 Å². The Labute approximate surface area is 221 Å². The predicted molar refractivity (Wildman–Crippen MR) is 141 cm³/mol. The normalized spacial score (nSPS) is 16.6. The van der Waals surface area contributed by atoms with E-state index < -0.39 is 5.41 Å². The second-order valence-corrected chi connectivity index (χ2v) is 9.90. The Morgan fingerprint density at radius 1 is 0.974 bits per heavy atom. The van der Waals surface area contributed by atoms with Crippen LogP contribution in [0.25, 0.3) is 0 Å².